The molecule has 1 aromatic rings. The fourth-order valence-electron chi connectivity index (χ4n) is 1.97. The predicted molar refractivity (Wildman–Crippen MR) is 78.8 cm³/mol. The topological polar surface area (TPSA) is 71.3 Å². The Morgan fingerprint density at radius 1 is 1.30 bits per heavy atom. The Morgan fingerprint density at radius 3 is 2.70 bits per heavy atom. The summed E-state index contributed by atoms with van der Waals surface area (Å²) in [7, 11) is 0. The van der Waals surface area contributed by atoms with Crippen LogP contribution in [0.4, 0.5) is 0 Å². The smallest absolute Gasteiger partial charge is 0.303 e. The molecule has 1 heterocycles. The van der Waals surface area contributed by atoms with E-state index in [4.69, 9.17) is 5.11 Å². The maximum Gasteiger partial charge on any atom is 0.303 e. The summed E-state index contributed by atoms with van der Waals surface area (Å²) >= 11 is 0. The molecule has 0 bridgehead atoms. The quantitative estimate of drug-likeness (QED) is 0.676. The molecule has 0 aromatic carbocycles. The molecule has 0 amide bonds. The van der Waals surface area contributed by atoms with Crippen LogP contribution in [0.2, 0.25) is 0 Å². The van der Waals surface area contributed by atoms with Gasteiger partial charge in [0.2, 0.25) is 0 Å². The number of carboxylic acid groups (broad SMARTS) is 1. The van der Waals surface area contributed by atoms with Crippen molar-refractivity contribution < 1.29 is 9.90 Å². The molecule has 0 unspecified atom stereocenters. The second kappa shape index (κ2) is 7.85. The number of aliphatic carboxylic acids is 1. The van der Waals surface area contributed by atoms with E-state index in [1.54, 1.807) is 22.9 Å². The van der Waals surface area contributed by atoms with Crippen molar-refractivity contribution in [2.24, 2.45) is 5.41 Å². The monoisotopic (exact) mass is 280 g/mol. The van der Waals surface area contributed by atoms with Gasteiger partial charge in [0.25, 0.3) is 5.56 Å². The molecule has 0 saturated heterocycles. The molecule has 0 aliphatic heterocycles. The fraction of sp³-hybridized carbons (Fsp3) is 0.600. The Bertz CT molecular complexity index is 480. The Labute approximate surface area is 119 Å². The van der Waals surface area contributed by atoms with E-state index < -0.39 is 5.97 Å². The minimum Gasteiger partial charge on any atom is -0.481 e. The zero-order valence-electron chi connectivity index (χ0n) is 12.3. The van der Waals surface area contributed by atoms with Crippen molar-refractivity contribution in [3.05, 3.63) is 34.7 Å². The number of hydrogen-bond acceptors (Lipinski definition) is 3. The molecule has 0 saturated carbocycles. The zero-order chi connectivity index (χ0) is 15.0. The van der Waals surface area contributed by atoms with E-state index in [0.29, 0.717) is 13.0 Å². The summed E-state index contributed by atoms with van der Waals surface area (Å²) in [6, 6.07) is 5.13. The minimum atomic E-state index is -0.741. The average molecular weight is 280 g/mol. The van der Waals surface area contributed by atoms with Crippen molar-refractivity contribution in [1.82, 2.24) is 9.88 Å². The lowest BCUT2D eigenvalue weighted by Gasteiger charge is -2.23. The molecule has 0 aliphatic rings. The standard InChI is InChI=1S/C15H24N2O3/c1-15(2,7-6-14(19)20)8-9-16-10-12-17-11-4-3-5-13(17)18/h3-5,11,16H,6-10,12H2,1-2H3,(H,19,20). The van der Waals surface area contributed by atoms with Crippen molar-refractivity contribution in [1.29, 1.82) is 0 Å². The highest BCUT2D eigenvalue weighted by atomic mass is 16.4. The van der Waals surface area contributed by atoms with Crippen molar-refractivity contribution >= 4 is 5.97 Å². The van der Waals surface area contributed by atoms with E-state index >= 15 is 0 Å². The van der Waals surface area contributed by atoms with Crippen LogP contribution in [-0.4, -0.2) is 28.7 Å². The number of nitrogens with one attached hydrogen (secondary N) is 1. The fourth-order valence-corrected chi connectivity index (χ4v) is 1.97. The molecule has 0 fully saturated rings. The molecule has 0 atom stereocenters. The van der Waals surface area contributed by atoms with Crippen LogP contribution in [0.3, 0.4) is 0 Å². The van der Waals surface area contributed by atoms with Crippen molar-refractivity contribution in [2.45, 2.75) is 39.7 Å². The Morgan fingerprint density at radius 2 is 2.05 bits per heavy atom. The van der Waals surface area contributed by atoms with Gasteiger partial charge in [-0.25, -0.2) is 0 Å². The van der Waals surface area contributed by atoms with Crippen LogP contribution in [0.1, 0.15) is 33.1 Å². The normalized spacial score (nSPS) is 11.5. The summed E-state index contributed by atoms with van der Waals surface area (Å²) in [6.45, 7) is 6.38. The van der Waals surface area contributed by atoms with Gasteiger partial charge >= 0.3 is 5.97 Å². The minimum absolute atomic E-state index is 0.0103. The van der Waals surface area contributed by atoms with Crippen LogP contribution in [-0.2, 0) is 11.3 Å². The van der Waals surface area contributed by atoms with Gasteiger partial charge in [0, 0.05) is 31.8 Å². The molecular formula is C15H24N2O3. The summed E-state index contributed by atoms with van der Waals surface area (Å²) < 4.78 is 1.67. The van der Waals surface area contributed by atoms with E-state index in [-0.39, 0.29) is 17.4 Å². The molecule has 1 aromatic heterocycles. The average Bonchev–Trinajstić information content (AvgIpc) is 2.38. The number of nitrogens with zero attached hydrogens (tertiary/aromatic N) is 1. The van der Waals surface area contributed by atoms with Gasteiger partial charge in [-0.3, -0.25) is 9.59 Å². The first-order valence-electron chi connectivity index (χ1n) is 6.99. The van der Waals surface area contributed by atoms with Gasteiger partial charge in [0.15, 0.2) is 0 Å². The summed E-state index contributed by atoms with van der Waals surface area (Å²) in [5.41, 5.74) is 0.0331. The molecule has 0 spiro atoms. The Kier molecular flexibility index (Phi) is 6.45. The Hall–Kier alpha value is -1.62. The van der Waals surface area contributed by atoms with Crippen LogP contribution in [0.15, 0.2) is 29.2 Å². The van der Waals surface area contributed by atoms with E-state index in [9.17, 15) is 9.59 Å². The van der Waals surface area contributed by atoms with Gasteiger partial charge in [0.1, 0.15) is 0 Å². The molecule has 112 valence electrons. The number of rotatable bonds is 9. The number of pyridine rings is 1. The second-order valence-corrected chi connectivity index (χ2v) is 5.79. The number of aromatic nitrogens is 1. The van der Waals surface area contributed by atoms with Crippen LogP contribution < -0.4 is 10.9 Å². The lowest BCUT2D eigenvalue weighted by atomic mass is 9.84. The first-order chi connectivity index (χ1) is 9.41. The zero-order valence-corrected chi connectivity index (χ0v) is 12.3. The SMILES string of the molecule is CC(C)(CCNCCn1ccccc1=O)CCC(=O)O. The van der Waals surface area contributed by atoms with Gasteiger partial charge in [-0.15, -0.1) is 0 Å². The second-order valence-electron chi connectivity index (χ2n) is 5.79. The van der Waals surface area contributed by atoms with Gasteiger partial charge in [-0.2, -0.15) is 0 Å². The molecule has 0 aliphatic carbocycles. The highest BCUT2D eigenvalue weighted by Gasteiger charge is 2.18. The Balaban J connectivity index is 2.20. The van der Waals surface area contributed by atoms with Gasteiger partial charge in [0.05, 0.1) is 0 Å². The lowest BCUT2D eigenvalue weighted by molar-refractivity contribution is -0.137. The number of carbonyl (C=O) groups is 1. The highest BCUT2D eigenvalue weighted by molar-refractivity contribution is 5.66. The maximum atomic E-state index is 11.5. The third kappa shape index (κ3) is 6.52. The van der Waals surface area contributed by atoms with Gasteiger partial charge in [-0.05, 0) is 30.9 Å². The third-order valence-electron chi connectivity index (χ3n) is 3.42. The number of carboxylic acids is 1. The molecule has 2 N–H and O–H groups in total. The molecule has 5 heteroatoms. The first-order valence-corrected chi connectivity index (χ1v) is 6.99. The molecule has 1 rings (SSSR count). The summed E-state index contributed by atoms with van der Waals surface area (Å²) in [5.74, 6) is -0.741. The van der Waals surface area contributed by atoms with Crippen LogP contribution in [0.25, 0.3) is 0 Å². The van der Waals surface area contributed by atoms with Gasteiger partial charge in [-0.1, -0.05) is 19.9 Å². The van der Waals surface area contributed by atoms with E-state index in [0.717, 1.165) is 19.5 Å². The highest BCUT2D eigenvalue weighted by Crippen LogP contribution is 2.25. The molecule has 20 heavy (non-hydrogen) atoms. The van der Waals surface area contributed by atoms with Crippen molar-refractivity contribution in [3.63, 3.8) is 0 Å². The summed E-state index contributed by atoms with van der Waals surface area (Å²) in [4.78, 5) is 22.0. The van der Waals surface area contributed by atoms with Gasteiger partial charge < -0.3 is 15.0 Å². The van der Waals surface area contributed by atoms with Crippen LogP contribution in [0.5, 0.6) is 0 Å². The predicted octanol–water partition coefficient (Wildman–Crippen LogP) is 1.72. The van der Waals surface area contributed by atoms with E-state index in [2.05, 4.69) is 19.2 Å². The third-order valence-corrected chi connectivity index (χ3v) is 3.42. The maximum absolute atomic E-state index is 11.5. The van der Waals surface area contributed by atoms with Crippen LogP contribution in [0, 0.1) is 5.41 Å². The first kappa shape index (κ1) is 16.4. The van der Waals surface area contributed by atoms with Crippen molar-refractivity contribution in [3.8, 4) is 0 Å². The summed E-state index contributed by atoms with van der Waals surface area (Å²) in [5, 5.41) is 12.0. The van der Waals surface area contributed by atoms with Crippen LogP contribution >= 0.6 is 0 Å². The lowest BCUT2D eigenvalue weighted by Crippen LogP contribution is -2.28. The molecular weight excluding hydrogens is 256 g/mol. The largest absolute Gasteiger partial charge is 0.481 e. The number of hydrogen-bond donors (Lipinski definition) is 2. The molecule has 5 nitrogen and oxygen atoms in total. The van der Waals surface area contributed by atoms with E-state index in [1.807, 2.05) is 6.07 Å². The van der Waals surface area contributed by atoms with E-state index in [1.165, 1.54) is 0 Å². The molecule has 0 radical (unpaired) electrons. The van der Waals surface area contributed by atoms with Crippen molar-refractivity contribution in [2.75, 3.05) is 13.1 Å². The summed E-state index contributed by atoms with van der Waals surface area (Å²) in [6.07, 6.45) is 3.60.